The molecule has 314 valence electrons. The predicted molar refractivity (Wildman–Crippen MR) is 260 cm³/mol. The molecule has 0 radical (unpaired) electrons. The van der Waals surface area contributed by atoms with Gasteiger partial charge in [0.25, 0.3) is 0 Å². The minimum Gasteiger partial charge on any atom is -1.00 e. The van der Waals surface area contributed by atoms with Crippen LogP contribution in [0, 0.1) is 10.8 Å². The van der Waals surface area contributed by atoms with Crippen molar-refractivity contribution < 1.29 is 44.8 Å². The first kappa shape index (κ1) is 42.7. The summed E-state index contributed by atoms with van der Waals surface area (Å²) in [4.78, 5) is 0. The molecular weight excluding hydrogens is 970 g/mol. The fourth-order valence-electron chi connectivity index (χ4n) is 13.5. The molecule has 4 atom stereocenters. The van der Waals surface area contributed by atoms with Crippen molar-refractivity contribution in [3.05, 3.63) is 179 Å². The van der Waals surface area contributed by atoms with Crippen LogP contribution in [0.2, 0.25) is 7.35 Å². The van der Waals surface area contributed by atoms with E-state index in [9.17, 15) is 0 Å². The molecule has 0 aromatic heterocycles. The Morgan fingerprint density at radius 1 is 0.413 bits per heavy atom. The molecule has 2 fully saturated rings. The average Bonchev–Trinajstić information content (AvgIpc) is 3.51. The molecule has 4 aliphatic rings. The summed E-state index contributed by atoms with van der Waals surface area (Å²) in [5.41, 5.74) is 15.6. The zero-order chi connectivity index (χ0) is 41.4. The van der Waals surface area contributed by atoms with E-state index in [1.54, 1.807) is 22.3 Å². The van der Waals surface area contributed by atoms with Crippen LogP contribution in [0.1, 0.15) is 96.8 Å². The van der Waals surface area contributed by atoms with E-state index < -0.39 is 20.0 Å². The van der Waals surface area contributed by atoms with Crippen molar-refractivity contribution in [3.63, 3.8) is 0 Å². The van der Waals surface area contributed by atoms with Gasteiger partial charge in [0.05, 0.1) is 0 Å². The summed E-state index contributed by atoms with van der Waals surface area (Å²) < 4.78 is 2.93. The molecule has 8 aromatic carbocycles. The zero-order valence-corrected chi connectivity index (χ0v) is 42.5. The predicted octanol–water partition coefficient (Wildman–Crippen LogP) is 11.6. The van der Waals surface area contributed by atoms with Gasteiger partial charge < -0.3 is 24.8 Å². The van der Waals surface area contributed by atoms with Crippen LogP contribution in [0.15, 0.2) is 157 Å². The second-order valence-electron chi connectivity index (χ2n) is 21.1. The van der Waals surface area contributed by atoms with Gasteiger partial charge in [-0.2, -0.15) is 0 Å². The molecule has 12 rings (SSSR count). The van der Waals surface area contributed by atoms with E-state index in [0.29, 0.717) is 7.35 Å². The standard InChI is InChI=1S/2C27H23.C6H10.2ClH.Hf/c2*1-27(2,3)21-16-20-11-8-14-24(25(20)17-21)26-22-12-6-4-9-18(22)15-19-10-5-7-13-23(19)26;1-2-4-6-5-3-1;;;/h2*4-17H,1-3H3;1-2H,3-6H2;2*1H;/q;;;;;+2/p-2. The third-order valence-electron chi connectivity index (χ3n) is 15.9. The van der Waals surface area contributed by atoms with Crippen molar-refractivity contribution in [1.29, 1.82) is 0 Å². The minimum absolute atomic E-state index is 0. The quantitative estimate of drug-likeness (QED) is 0.122. The molecule has 0 N–H and O–H groups in total. The van der Waals surface area contributed by atoms with E-state index in [0.717, 1.165) is 7.35 Å². The topological polar surface area (TPSA) is 0 Å². The zero-order valence-electron chi connectivity index (χ0n) is 37.4. The van der Waals surface area contributed by atoms with Crippen LogP contribution in [-0.4, -0.2) is 0 Å². The summed E-state index contributed by atoms with van der Waals surface area (Å²) in [6.07, 6.45) is 11.2. The average molecular weight is 1030 g/mol. The van der Waals surface area contributed by atoms with E-state index in [2.05, 4.69) is 199 Å². The number of fused-ring (bicyclic) bond motifs is 7. The Morgan fingerprint density at radius 2 is 0.746 bits per heavy atom. The largest absolute Gasteiger partial charge is 1.00 e. The van der Waals surface area contributed by atoms with Crippen molar-refractivity contribution in [1.82, 2.24) is 0 Å². The van der Waals surface area contributed by atoms with E-state index in [1.807, 2.05) is 0 Å². The van der Waals surface area contributed by atoms with Gasteiger partial charge in [0.2, 0.25) is 0 Å². The molecule has 63 heavy (non-hydrogen) atoms. The molecule has 8 aromatic rings. The maximum absolute atomic E-state index is 3.62. The summed E-state index contributed by atoms with van der Waals surface area (Å²) in [7, 11) is 0. The summed E-state index contributed by atoms with van der Waals surface area (Å²) in [6, 6.07) is 56.2. The Hall–Kier alpha value is -4.27. The normalized spacial score (nSPS) is 21.5. The maximum Gasteiger partial charge on any atom is -1.00 e. The van der Waals surface area contributed by atoms with Crippen molar-refractivity contribution in [3.8, 4) is 22.3 Å². The molecule has 4 unspecified atom stereocenters. The summed E-state index contributed by atoms with van der Waals surface area (Å²) in [5.74, 6) is 0. The minimum atomic E-state index is -3.62. The first-order chi connectivity index (χ1) is 29.5. The molecule has 1 aliphatic heterocycles. The Labute approximate surface area is 391 Å². The van der Waals surface area contributed by atoms with Gasteiger partial charge >= 0.3 is 369 Å². The van der Waals surface area contributed by atoms with Crippen LogP contribution >= 0.6 is 0 Å². The first-order valence-electron chi connectivity index (χ1n) is 23.1. The monoisotopic (exact) mass is 1030 g/mol. The molecule has 0 amide bonds. The van der Waals surface area contributed by atoms with E-state index in [-0.39, 0.29) is 35.6 Å². The molecule has 3 heteroatoms. The Bertz CT molecular complexity index is 2880. The van der Waals surface area contributed by atoms with E-state index in [1.165, 1.54) is 102 Å². The fraction of sp³-hybridized carbons (Fsp3) is 0.267. The van der Waals surface area contributed by atoms with Crippen LogP contribution in [0.4, 0.5) is 0 Å². The number of hydrogen-bond acceptors (Lipinski definition) is 0. The van der Waals surface area contributed by atoms with Crippen molar-refractivity contribution in [2.75, 3.05) is 0 Å². The molecule has 1 heterocycles. The Kier molecular flexibility index (Phi) is 10.5. The van der Waals surface area contributed by atoms with Gasteiger partial charge in [0.15, 0.2) is 0 Å². The van der Waals surface area contributed by atoms with Gasteiger partial charge in [0.1, 0.15) is 0 Å². The number of allylic oxidation sites excluding steroid dienone is 2. The van der Waals surface area contributed by atoms with Crippen molar-refractivity contribution in [2.24, 2.45) is 10.8 Å². The second-order valence-corrected chi connectivity index (χ2v) is 37.7. The maximum atomic E-state index is 2.76. The van der Waals surface area contributed by atoms with Crippen LogP contribution in [0.25, 0.3) is 77.5 Å². The summed E-state index contributed by atoms with van der Waals surface area (Å²) in [6.45, 7) is 15.2. The molecule has 0 nitrogen and oxygen atoms in total. The van der Waals surface area contributed by atoms with Gasteiger partial charge in [-0.15, -0.1) is 0 Å². The first-order valence-corrected chi connectivity index (χ1v) is 31.4. The molecule has 0 bridgehead atoms. The number of hydrogen-bond donors (Lipinski definition) is 0. The molecular formula is C60H56Cl2Hf. The number of benzene rings is 8. The van der Waals surface area contributed by atoms with E-state index >= 15 is 0 Å². The Balaban J connectivity index is 0.00000236. The summed E-state index contributed by atoms with van der Waals surface area (Å²) >= 11 is -3.62. The Morgan fingerprint density at radius 3 is 1.08 bits per heavy atom. The second kappa shape index (κ2) is 15.4. The van der Waals surface area contributed by atoms with E-state index in [4.69, 9.17) is 0 Å². The van der Waals surface area contributed by atoms with Gasteiger partial charge in [-0.25, -0.2) is 0 Å². The molecule has 1 saturated carbocycles. The van der Waals surface area contributed by atoms with Gasteiger partial charge in [-0.1, -0.05) is 0 Å². The van der Waals surface area contributed by atoms with Crippen molar-refractivity contribution in [2.45, 2.75) is 81.9 Å². The third kappa shape index (κ3) is 6.30. The molecule has 1 saturated heterocycles. The van der Waals surface area contributed by atoms with Gasteiger partial charge in [-0.05, 0) is 0 Å². The smallest absolute Gasteiger partial charge is 1.00 e. The molecule has 3 aliphatic carbocycles. The van der Waals surface area contributed by atoms with Crippen molar-refractivity contribution >= 4 is 55.2 Å². The SMILES string of the molecule is CC(C)(C)C1=Cc2c(-c3c4ccccc4cc4ccccc34)cccc2[CH]1[Hf+2]1([CH]2C(C(C)(C)C)=Cc3c(-c4c5ccccc5cc5ccccc45)cccc32)[CH]2CCCC[CH]21.[Cl-].[Cl-]. The fourth-order valence-corrected chi connectivity index (χ4v) is 50.2. The number of halogens is 2. The van der Waals surface area contributed by atoms with Crippen LogP contribution in [-0.2, 0) is 20.0 Å². The summed E-state index contributed by atoms with van der Waals surface area (Å²) in [5, 5.41) is 10.7. The molecule has 0 spiro atoms. The van der Waals surface area contributed by atoms with Crippen LogP contribution in [0.5, 0.6) is 0 Å². The third-order valence-corrected chi connectivity index (χ3v) is 40.3. The van der Waals surface area contributed by atoms with Gasteiger partial charge in [0, 0.05) is 0 Å². The number of rotatable bonds is 4. The van der Waals surface area contributed by atoms with Gasteiger partial charge in [-0.3, -0.25) is 0 Å². The van der Waals surface area contributed by atoms with Crippen LogP contribution < -0.4 is 24.8 Å². The van der Waals surface area contributed by atoms with Crippen LogP contribution in [0.3, 0.4) is 0 Å².